The highest BCUT2D eigenvalue weighted by molar-refractivity contribution is 6.30. The first-order valence-electron chi connectivity index (χ1n) is 13.3. The number of ether oxygens (including phenoxy) is 4. The fourth-order valence-electron chi connectivity index (χ4n) is 4.78. The Morgan fingerprint density at radius 1 is 0.682 bits per heavy atom. The van der Waals surface area contributed by atoms with Crippen molar-refractivity contribution in [2.45, 2.75) is 13.5 Å². The predicted octanol–water partition coefficient (Wildman–Crippen LogP) is 9.42. The van der Waals surface area contributed by atoms with Crippen molar-refractivity contribution in [1.29, 1.82) is 0 Å². The van der Waals surface area contributed by atoms with E-state index in [1.54, 1.807) is 93.1 Å². The fourth-order valence-corrected chi connectivity index (χ4v) is 5.18. The van der Waals surface area contributed by atoms with Crippen molar-refractivity contribution in [2.75, 3.05) is 14.2 Å². The Kier molecular flexibility index (Phi) is 9.56. The minimum absolute atomic E-state index is 0.0183. The molecule has 3 aromatic carbocycles. The van der Waals surface area contributed by atoms with Gasteiger partial charge < -0.3 is 18.9 Å². The molecule has 0 N–H and O–H groups in total. The lowest BCUT2D eigenvalue weighted by molar-refractivity contribution is -0.125. The fraction of sp³-hybridized carbons (Fsp3) is 0.121. The number of para-hydroxylation sites is 1. The van der Waals surface area contributed by atoms with Crippen molar-refractivity contribution >= 4 is 52.1 Å². The van der Waals surface area contributed by atoms with E-state index in [0.717, 1.165) is 0 Å². The molecule has 0 aliphatic heterocycles. The summed E-state index contributed by atoms with van der Waals surface area (Å²) in [6, 6.07) is 27.7. The third-order valence-corrected chi connectivity index (χ3v) is 7.53. The summed E-state index contributed by atoms with van der Waals surface area (Å²) in [4.78, 5) is 23.3. The largest absolute Gasteiger partial charge is 0.497 e. The average Bonchev–Trinajstić information content (AvgIpc) is 3.02. The number of nitrogens with zero attached hydrogens (tertiary/aromatic N) is 3. The molecular formula is C33H27Cl3N3O5+. The number of halogens is 3. The number of benzene rings is 3. The monoisotopic (exact) mass is 650 g/mol. The second-order valence-corrected chi connectivity index (χ2v) is 10.8. The van der Waals surface area contributed by atoms with Crippen LogP contribution in [-0.4, -0.2) is 30.1 Å². The molecule has 2 heterocycles. The normalized spacial score (nSPS) is 12.2. The second-order valence-electron chi connectivity index (χ2n) is 9.55. The van der Waals surface area contributed by atoms with E-state index in [-0.39, 0.29) is 34.5 Å². The molecule has 44 heavy (non-hydrogen) atoms. The van der Waals surface area contributed by atoms with E-state index in [9.17, 15) is 4.79 Å². The van der Waals surface area contributed by atoms with Gasteiger partial charge in [0.05, 0.1) is 26.7 Å². The van der Waals surface area contributed by atoms with Gasteiger partial charge in [0.15, 0.2) is 0 Å². The smallest absolute Gasteiger partial charge is 0.321 e. The summed E-state index contributed by atoms with van der Waals surface area (Å²) in [5.41, 5.74) is 1.36. The predicted molar refractivity (Wildman–Crippen MR) is 172 cm³/mol. The van der Waals surface area contributed by atoms with E-state index in [0.29, 0.717) is 45.0 Å². The summed E-state index contributed by atoms with van der Waals surface area (Å²) in [6.45, 7) is 1.48. The quantitative estimate of drug-likeness (QED) is 0.110. The van der Waals surface area contributed by atoms with Gasteiger partial charge >= 0.3 is 5.91 Å². The van der Waals surface area contributed by atoms with Crippen molar-refractivity contribution in [1.82, 2.24) is 14.5 Å². The van der Waals surface area contributed by atoms with E-state index in [2.05, 4.69) is 9.97 Å². The van der Waals surface area contributed by atoms with Crippen LogP contribution in [0.15, 0.2) is 97.1 Å². The van der Waals surface area contributed by atoms with Gasteiger partial charge in [0, 0.05) is 17.2 Å². The molecule has 5 rings (SSSR count). The molecule has 5 aromatic rings. The highest BCUT2D eigenvalue weighted by Gasteiger charge is 2.46. The number of aromatic nitrogens is 2. The molecule has 11 heteroatoms. The van der Waals surface area contributed by atoms with Crippen molar-refractivity contribution in [3.63, 3.8) is 0 Å². The van der Waals surface area contributed by atoms with Gasteiger partial charge in [0.2, 0.25) is 11.4 Å². The zero-order valence-corrected chi connectivity index (χ0v) is 26.2. The first-order chi connectivity index (χ1) is 21.2. The van der Waals surface area contributed by atoms with Crippen LogP contribution < -0.4 is 23.4 Å². The SMILES string of the molecule is COc1ccc(OC)c(C[N+](C(C)=O)(c2ccc(Cl)nc2Oc2ccccc2)c2ccc(Cl)nc2Oc2ccc(Cl)cc2)c1. The van der Waals surface area contributed by atoms with Crippen LogP contribution in [0.25, 0.3) is 0 Å². The van der Waals surface area contributed by atoms with Gasteiger partial charge in [-0.25, -0.2) is 4.79 Å². The lowest BCUT2D eigenvalue weighted by atomic mass is 10.1. The number of quaternary nitrogens is 1. The Balaban J connectivity index is 1.81. The maximum atomic E-state index is 14.3. The zero-order valence-electron chi connectivity index (χ0n) is 24.0. The summed E-state index contributed by atoms with van der Waals surface area (Å²) in [6.07, 6.45) is 0. The molecule has 1 unspecified atom stereocenters. The van der Waals surface area contributed by atoms with Crippen LogP contribution in [-0.2, 0) is 11.3 Å². The number of carbonyl (C=O) groups is 1. The molecule has 0 saturated heterocycles. The molecule has 0 aliphatic rings. The van der Waals surface area contributed by atoms with E-state index < -0.39 is 4.48 Å². The number of carbonyl (C=O) groups excluding carboxylic acids is 1. The molecule has 224 valence electrons. The summed E-state index contributed by atoms with van der Waals surface area (Å²) in [7, 11) is 3.12. The van der Waals surface area contributed by atoms with Crippen LogP contribution in [0.2, 0.25) is 15.3 Å². The van der Waals surface area contributed by atoms with Crippen LogP contribution in [0.5, 0.6) is 34.8 Å². The number of amides is 1. The van der Waals surface area contributed by atoms with Crippen LogP contribution in [0.1, 0.15) is 12.5 Å². The summed E-state index contributed by atoms with van der Waals surface area (Å²) in [5, 5.41) is 0.867. The number of rotatable bonds is 10. The van der Waals surface area contributed by atoms with E-state index in [1.165, 1.54) is 6.92 Å². The molecule has 1 atom stereocenters. The van der Waals surface area contributed by atoms with Crippen molar-refractivity contribution < 1.29 is 23.7 Å². The zero-order chi connectivity index (χ0) is 31.3. The summed E-state index contributed by atoms with van der Waals surface area (Å²) in [5.74, 6) is 1.90. The maximum absolute atomic E-state index is 14.3. The molecular weight excluding hydrogens is 625 g/mol. The van der Waals surface area contributed by atoms with Gasteiger partial charge in [0.1, 0.15) is 39.8 Å². The lowest BCUT2D eigenvalue weighted by Gasteiger charge is -2.35. The third-order valence-electron chi connectivity index (χ3n) is 6.85. The Morgan fingerprint density at radius 2 is 1.23 bits per heavy atom. The first kappa shape index (κ1) is 31.1. The maximum Gasteiger partial charge on any atom is 0.321 e. The molecule has 0 aliphatic carbocycles. The van der Waals surface area contributed by atoms with E-state index >= 15 is 0 Å². The minimum atomic E-state index is -0.511. The molecule has 0 saturated carbocycles. The van der Waals surface area contributed by atoms with E-state index in [1.807, 2.05) is 18.2 Å². The third kappa shape index (κ3) is 6.59. The number of methoxy groups -OCH3 is 2. The molecule has 8 nitrogen and oxygen atoms in total. The molecule has 0 spiro atoms. The topological polar surface area (TPSA) is 79.8 Å². The van der Waals surface area contributed by atoms with Crippen molar-refractivity contribution in [3.8, 4) is 34.8 Å². The van der Waals surface area contributed by atoms with Gasteiger partial charge in [0.25, 0.3) is 11.8 Å². The Bertz CT molecular complexity index is 1790. The van der Waals surface area contributed by atoms with Gasteiger partial charge in [-0.15, -0.1) is 0 Å². The average molecular weight is 652 g/mol. The number of hydrogen-bond donors (Lipinski definition) is 0. The minimum Gasteiger partial charge on any atom is -0.497 e. The second kappa shape index (κ2) is 13.5. The van der Waals surface area contributed by atoms with Crippen molar-refractivity contribution in [3.05, 3.63) is 118 Å². The summed E-state index contributed by atoms with van der Waals surface area (Å²) < 4.78 is 23.3. The molecule has 1 amide bonds. The Morgan fingerprint density at radius 3 is 1.75 bits per heavy atom. The Labute approximate surface area is 269 Å². The van der Waals surface area contributed by atoms with Gasteiger partial charge in [-0.1, -0.05) is 53.0 Å². The van der Waals surface area contributed by atoms with Crippen LogP contribution in [0.4, 0.5) is 11.4 Å². The van der Waals surface area contributed by atoms with Crippen molar-refractivity contribution in [2.24, 2.45) is 0 Å². The van der Waals surface area contributed by atoms with E-state index in [4.69, 9.17) is 53.8 Å². The lowest BCUT2D eigenvalue weighted by Crippen LogP contribution is -2.48. The summed E-state index contributed by atoms with van der Waals surface area (Å²) >= 11 is 18.9. The number of pyridine rings is 2. The van der Waals surface area contributed by atoms with Gasteiger partial charge in [-0.3, -0.25) is 0 Å². The highest BCUT2D eigenvalue weighted by Crippen LogP contribution is 2.49. The van der Waals surface area contributed by atoms with Crippen LogP contribution in [0.3, 0.4) is 0 Å². The first-order valence-corrected chi connectivity index (χ1v) is 14.5. The van der Waals surface area contributed by atoms with Crippen LogP contribution >= 0.6 is 34.8 Å². The number of hydrogen-bond acceptors (Lipinski definition) is 7. The molecule has 2 aromatic heterocycles. The molecule has 0 fully saturated rings. The highest BCUT2D eigenvalue weighted by atomic mass is 35.5. The standard InChI is InChI=1S/C33H27Cl3N3O5/c1-21(40)39(20-22-19-26(41-2)13-16-29(22)42-3,27-14-17-30(35)37-32(27)43-24-7-5-4-6-8-24)28-15-18-31(36)38-33(28)44-25-11-9-23(34)10-12-25/h4-19H,20H2,1-3H3/q+1. The Hall–Kier alpha value is -4.34. The van der Waals surface area contributed by atoms with Crippen LogP contribution in [0, 0.1) is 0 Å². The molecule has 0 bridgehead atoms. The molecule has 0 radical (unpaired) electrons. The van der Waals surface area contributed by atoms with Gasteiger partial charge in [-0.05, 0) is 66.7 Å². The van der Waals surface area contributed by atoms with Gasteiger partial charge in [-0.2, -0.15) is 14.5 Å².